The molecule has 0 amide bonds. The average molecular weight is 273 g/mol. The SMILES string of the molecule is COC(=O)CCN(CC1CCCO1)C(C)C(=O)OC. The third kappa shape index (κ3) is 5.16. The maximum atomic E-state index is 11.6. The van der Waals surface area contributed by atoms with Crippen LogP contribution in [0.3, 0.4) is 0 Å². The maximum Gasteiger partial charge on any atom is 0.322 e. The number of esters is 2. The standard InChI is InChI=1S/C13H23NO5/c1-10(13(16)18-3)14(7-6-12(15)17-2)9-11-5-4-8-19-11/h10-11H,4-9H2,1-3H3. The molecule has 19 heavy (non-hydrogen) atoms. The molecule has 0 aromatic carbocycles. The van der Waals surface area contributed by atoms with Crippen LogP contribution in [0.15, 0.2) is 0 Å². The lowest BCUT2D eigenvalue weighted by Gasteiger charge is -2.28. The number of carbonyl (C=O) groups excluding carboxylic acids is 2. The minimum Gasteiger partial charge on any atom is -0.469 e. The van der Waals surface area contributed by atoms with Crippen LogP contribution < -0.4 is 0 Å². The second-order valence-electron chi connectivity index (χ2n) is 4.66. The lowest BCUT2D eigenvalue weighted by atomic mass is 10.2. The molecule has 0 aromatic rings. The summed E-state index contributed by atoms with van der Waals surface area (Å²) in [7, 11) is 2.72. The van der Waals surface area contributed by atoms with E-state index in [9.17, 15) is 9.59 Å². The zero-order valence-corrected chi connectivity index (χ0v) is 11.9. The van der Waals surface area contributed by atoms with Crippen molar-refractivity contribution < 1.29 is 23.8 Å². The first kappa shape index (κ1) is 15.9. The van der Waals surface area contributed by atoms with Crippen LogP contribution in [0.4, 0.5) is 0 Å². The second-order valence-corrected chi connectivity index (χ2v) is 4.66. The average Bonchev–Trinajstić information content (AvgIpc) is 2.94. The van der Waals surface area contributed by atoms with Crippen molar-refractivity contribution in [3.8, 4) is 0 Å². The normalized spacial score (nSPS) is 20.3. The molecule has 1 fully saturated rings. The van der Waals surface area contributed by atoms with Crippen LogP contribution in [0.5, 0.6) is 0 Å². The van der Waals surface area contributed by atoms with Crippen molar-refractivity contribution >= 4 is 11.9 Å². The fraction of sp³-hybridized carbons (Fsp3) is 0.846. The van der Waals surface area contributed by atoms with E-state index in [-0.39, 0.29) is 30.5 Å². The van der Waals surface area contributed by atoms with E-state index in [1.807, 2.05) is 4.90 Å². The zero-order chi connectivity index (χ0) is 14.3. The molecular formula is C13H23NO5. The molecule has 1 saturated heterocycles. The highest BCUT2D eigenvalue weighted by Crippen LogP contribution is 2.15. The quantitative estimate of drug-likeness (QED) is 0.633. The van der Waals surface area contributed by atoms with Gasteiger partial charge in [-0.15, -0.1) is 0 Å². The highest BCUT2D eigenvalue weighted by Gasteiger charge is 2.27. The van der Waals surface area contributed by atoms with Gasteiger partial charge in [0, 0.05) is 19.7 Å². The molecular weight excluding hydrogens is 250 g/mol. The van der Waals surface area contributed by atoms with Crippen molar-refractivity contribution in [2.45, 2.75) is 38.3 Å². The predicted molar refractivity (Wildman–Crippen MR) is 68.7 cm³/mol. The number of rotatable bonds is 7. The number of carbonyl (C=O) groups is 2. The van der Waals surface area contributed by atoms with Gasteiger partial charge in [-0.25, -0.2) is 0 Å². The molecule has 0 aromatic heterocycles. The van der Waals surface area contributed by atoms with Crippen LogP contribution in [-0.2, 0) is 23.8 Å². The summed E-state index contributed by atoms with van der Waals surface area (Å²) in [6, 6.07) is -0.390. The van der Waals surface area contributed by atoms with Gasteiger partial charge in [0.15, 0.2) is 0 Å². The van der Waals surface area contributed by atoms with Gasteiger partial charge in [0.1, 0.15) is 6.04 Å². The molecule has 1 aliphatic rings. The molecule has 0 spiro atoms. The number of nitrogens with zero attached hydrogens (tertiary/aromatic N) is 1. The Morgan fingerprint density at radius 3 is 2.63 bits per heavy atom. The summed E-state index contributed by atoms with van der Waals surface area (Å²) in [5, 5.41) is 0. The molecule has 1 heterocycles. The molecule has 0 bridgehead atoms. The number of methoxy groups -OCH3 is 2. The first-order chi connectivity index (χ1) is 9.08. The number of ether oxygens (including phenoxy) is 3. The van der Waals surface area contributed by atoms with Crippen LogP contribution in [0, 0.1) is 0 Å². The summed E-state index contributed by atoms with van der Waals surface area (Å²) in [5.41, 5.74) is 0. The molecule has 2 atom stereocenters. The predicted octanol–water partition coefficient (Wildman–Crippen LogP) is 0.592. The van der Waals surface area contributed by atoms with Gasteiger partial charge in [-0.1, -0.05) is 0 Å². The summed E-state index contributed by atoms with van der Waals surface area (Å²) in [6.45, 7) is 3.64. The molecule has 110 valence electrons. The van der Waals surface area contributed by atoms with Gasteiger partial charge in [0.2, 0.25) is 0 Å². The minimum absolute atomic E-state index is 0.129. The highest BCUT2D eigenvalue weighted by molar-refractivity contribution is 5.75. The number of hydrogen-bond donors (Lipinski definition) is 0. The van der Waals surface area contributed by atoms with Gasteiger partial charge < -0.3 is 14.2 Å². The maximum absolute atomic E-state index is 11.6. The van der Waals surface area contributed by atoms with E-state index in [1.165, 1.54) is 14.2 Å². The van der Waals surface area contributed by atoms with E-state index in [0.29, 0.717) is 13.1 Å². The molecule has 0 saturated carbocycles. The monoisotopic (exact) mass is 273 g/mol. The molecule has 6 heteroatoms. The van der Waals surface area contributed by atoms with E-state index in [4.69, 9.17) is 9.47 Å². The Labute approximate surface area is 114 Å². The van der Waals surface area contributed by atoms with Crippen molar-refractivity contribution in [3.63, 3.8) is 0 Å². The largest absolute Gasteiger partial charge is 0.469 e. The van der Waals surface area contributed by atoms with Crippen molar-refractivity contribution in [1.82, 2.24) is 4.90 Å². The topological polar surface area (TPSA) is 65.1 Å². The van der Waals surface area contributed by atoms with Crippen LogP contribution in [0.2, 0.25) is 0 Å². The Bertz CT molecular complexity index is 301. The van der Waals surface area contributed by atoms with Crippen LogP contribution in [0.25, 0.3) is 0 Å². The van der Waals surface area contributed by atoms with Gasteiger partial charge in [-0.05, 0) is 19.8 Å². The minimum atomic E-state index is -0.390. The molecule has 6 nitrogen and oxygen atoms in total. The lowest BCUT2D eigenvalue weighted by Crippen LogP contribution is -2.44. The molecule has 1 aliphatic heterocycles. The van der Waals surface area contributed by atoms with Gasteiger partial charge in [0.25, 0.3) is 0 Å². The van der Waals surface area contributed by atoms with E-state index >= 15 is 0 Å². The third-order valence-corrected chi connectivity index (χ3v) is 3.38. The first-order valence-corrected chi connectivity index (χ1v) is 6.58. The van der Waals surface area contributed by atoms with Gasteiger partial charge in [0.05, 0.1) is 26.7 Å². The smallest absolute Gasteiger partial charge is 0.322 e. The number of hydrogen-bond acceptors (Lipinski definition) is 6. The Balaban J connectivity index is 2.54. The van der Waals surface area contributed by atoms with Gasteiger partial charge in [-0.2, -0.15) is 0 Å². The van der Waals surface area contributed by atoms with Gasteiger partial charge in [-0.3, -0.25) is 14.5 Å². The Morgan fingerprint density at radius 2 is 2.11 bits per heavy atom. The summed E-state index contributed by atoms with van der Waals surface area (Å²) < 4.78 is 14.9. The summed E-state index contributed by atoms with van der Waals surface area (Å²) >= 11 is 0. The summed E-state index contributed by atoms with van der Waals surface area (Å²) in [6.07, 6.45) is 2.42. The highest BCUT2D eigenvalue weighted by atomic mass is 16.5. The van der Waals surface area contributed by atoms with Crippen LogP contribution in [0.1, 0.15) is 26.2 Å². The Morgan fingerprint density at radius 1 is 1.37 bits per heavy atom. The molecule has 1 rings (SSSR count). The fourth-order valence-corrected chi connectivity index (χ4v) is 2.15. The van der Waals surface area contributed by atoms with Crippen molar-refractivity contribution in [3.05, 3.63) is 0 Å². The zero-order valence-electron chi connectivity index (χ0n) is 11.9. The Kier molecular flexibility index (Phi) is 6.80. The van der Waals surface area contributed by atoms with Crippen molar-refractivity contribution in [1.29, 1.82) is 0 Å². The van der Waals surface area contributed by atoms with E-state index in [1.54, 1.807) is 6.92 Å². The molecule has 0 N–H and O–H groups in total. The molecule has 0 aliphatic carbocycles. The van der Waals surface area contributed by atoms with E-state index in [0.717, 1.165) is 19.4 Å². The summed E-state index contributed by atoms with van der Waals surface area (Å²) in [4.78, 5) is 24.8. The Hall–Kier alpha value is -1.14. The van der Waals surface area contributed by atoms with Crippen LogP contribution in [-0.4, -0.2) is 62.9 Å². The van der Waals surface area contributed by atoms with Crippen molar-refractivity contribution in [2.75, 3.05) is 33.9 Å². The van der Waals surface area contributed by atoms with E-state index in [2.05, 4.69) is 4.74 Å². The van der Waals surface area contributed by atoms with Crippen molar-refractivity contribution in [2.24, 2.45) is 0 Å². The molecule has 2 unspecified atom stereocenters. The molecule has 0 radical (unpaired) electrons. The van der Waals surface area contributed by atoms with E-state index < -0.39 is 0 Å². The lowest BCUT2D eigenvalue weighted by molar-refractivity contribution is -0.148. The third-order valence-electron chi connectivity index (χ3n) is 3.38. The summed E-state index contributed by atoms with van der Waals surface area (Å²) in [5.74, 6) is -0.586. The van der Waals surface area contributed by atoms with Gasteiger partial charge >= 0.3 is 11.9 Å². The fourth-order valence-electron chi connectivity index (χ4n) is 2.15. The first-order valence-electron chi connectivity index (χ1n) is 6.58. The van der Waals surface area contributed by atoms with Crippen LogP contribution >= 0.6 is 0 Å². The second kappa shape index (κ2) is 8.12.